The molecule has 5 heteroatoms. The van der Waals surface area contributed by atoms with Gasteiger partial charge < -0.3 is 10.8 Å². The molecule has 102 valence electrons. The van der Waals surface area contributed by atoms with Gasteiger partial charge in [-0.1, -0.05) is 25.1 Å². The number of aliphatic hydroxyl groups is 1. The van der Waals surface area contributed by atoms with E-state index in [4.69, 9.17) is 5.73 Å². The molecule has 3 nitrogen and oxygen atoms in total. The zero-order chi connectivity index (χ0) is 13.9. The second kappa shape index (κ2) is 6.30. The molecule has 0 aliphatic rings. The van der Waals surface area contributed by atoms with Crippen molar-refractivity contribution in [1.82, 2.24) is 4.98 Å². The van der Waals surface area contributed by atoms with E-state index in [1.165, 1.54) is 0 Å². The maximum Gasteiger partial charge on any atom is 0.126 e. The second-order valence-electron chi connectivity index (χ2n) is 4.59. The van der Waals surface area contributed by atoms with Crippen molar-refractivity contribution in [1.29, 1.82) is 0 Å². The maximum atomic E-state index is 10.7. The largest absolute Gasteiger partial charge is 0.375 e. The van der Waals surface area contributed by atoms with Crippen molar-refractivity contribution in [3.63, 3.8) is 0 Å². The third-order valence-electron chi connectivity index (χ3n) is 3.19. The van der Waals surface area contributed by atoms with Crippen molar-refractivity contribution in [2.24, 2.45) is 5.73 Å². The Morgan fingerprint density at radius 1 is 1.47 bits per heavy atom. The van der Waals surface area contributed by atoms with Gasteiger partial charge in [0, 0.05) is 21.6 Å². The minimum absolute atomic E-state index is 0.136. The van der Waals surface area contributed by atoms with E-state index >= 15 is 0 Å². The van der Waals surface area contributed by atoms with Crippen LogP contribution in [-0.2, 0) is 6.42 Å². The van der Waals surface area contributed by atoms with Gasteiger partial charge >= 0.3 is 0 Å². The molecular weight excluding hydrogens is 371 g/mol. The standard InChI is InChI=1S/C14H17IN2OS/c1-2-11(13-17-7-8-19-13)14(16,18)9-10-5-3-4-6-12(10)15/h3-8,11,18H,2,9,16H2,1H3. The van der Waals surface area contributed by atoms with Gasteiger partial charge in [0.2, 0.25) is 0 Å². The molecule has 0 aliphatic heterocycles. The van der Waals surface area contributed by atoms with Crippen LogP contribution in [0.1, 0.15) is 29.8 Å². The van der Waals surface area contributed by atoms with Gasteiger partial charge in [-0.3, -0.25) is 0 Å². The number of hydrogen-bond acceptors (Lipinski definition) is 4. The topological polar surface area (TPSA) is 59.1 Å². The number of hydrogen-bond donors (Lipinski definition) is 2. The highest BCUT2D eigenvalue weighted by Crippen LogP contribution is 2.32. The molecule has 3 N–H and O–H groups in total. The predicted octanol–water partition coefficient (Wildman–Crippen LogP) is 3.13. The summed E-state index contributed by atoms with van der Waals surface area (Å²) in [5.41, 5.74) is 5.98. The second-order valence-corrected chi connectivity index (χ2v) is 6.68. The van der Waals surface area contributed by atoms with Crippen LogP contribution in [0.4, 0.5) is 0 Å². The third-order valence-corrected chi connectivity index (χ3v) is 5.13. The van der Waals surface area contributed by atoms with E-state index in [2.05, 4.69) is 27.6 Å². The molecular formula is C14H17IN2OS. The summed E-state index contributed by atoms with van der Waals surface area (Å²) in [4.78, 5) is 4.29. The average Bonchev–Trinajstić information content (AvgIpc) is 2.86. The third kappa shape index (κ3) is 3.53. The summed E-state index contributed by atoms with van der Waals surface area (Å²) < 4.78 is 1.12. The summed E-state index contributed by atoms with van der Waals surface area (Å²) >= 11 is 3.81. The Kier molecular flexibility index (Phi) is 4.94. The average molecular weight is 388 g/mol. The molecule has 1 heterocycles. The lowest BCUT2D eigenvalue weighted by molar-refractivity contribution is 0.0164. The number of halogens is 1. The van der Waals surface area contributed by atoms with Gasteiger partial charge in [0.05, 0.1) is 10.9 Å². The number of benzene rings is 1. The van der Waals surface area contributed by atoms with Crippen LogP contribution in [0.5, 0.6) is 0 Å². The Labute approximate surface area is 131 Å². The van der Waals surface area contributed by atoms with E-state index in [9.17, 15) is 5.11 Å². The van der Waals surface area contributed by atoms with Gasteiger partial charge in [-0.25, -0.2) is 4.98 Å². The lowest BCUT2D eigenvalue weighted by Crippen LogP contribution is -2.47. The van der Waals surface area contributed by atoms with E-state index in [1.807, 2.05) is 36.6 Å². The summed E-state index contributed by atoms with van der Waals surface area (Å²) in [6.07, 6.45) is 2.96. The van der Waals surface area contributed by atoms with Crippen molar-refractivity contribution in [3.8, 4) is 0 Å². The Balaban J connectivity index is 2.24. The molecule has 0 fully saturated rings. The van der Waals surface area contributed by atoms with Crippen LogP contribution in [0.25, 0.3) is 0 Å². The molecule has 0 saturated heterocycles. The first-order valence-corrected chi connectivity index (χ1v) is 8.14. The number of aromatic nitrogens is 1. The van der Waals surface area contributed by atoms with Crippen LogP contribution in [0.2, 0.25) is 0 Å². The molecule has 1 aromatic carbocycles. The highest BCUT2D eigenvalue weighted by atomic mass is 127. The first-order valence-electron chi connectivity index (χ1n) is 6.18. The fourth-order valence-electron chi connectivity index (χ4n) is 2.22. The molecule has 19 heavy (non-hydrogen) atoms. The molecule has 2 unspecified atom stereocenters. The van der Waals surface area contributed by atoms with Crippen molar-refractivity contribution < 1.29 is 5.11 Å². The fourth-order valence-corrected chi connectivity index (χ4v) is 3.71. The maximum absolute atomic E-state index is 10.7. The zero-order valence-electron chi connectivity index (χ0n) is 10.7. The van der Waals surface area contributed by atoms with Gasteiger partial charge in [0.25, 0.3) is 0 Å². The van der Waals surface area contributed by atoms with Gasteiger partial charge in [-0.2, -0.15) is 0 Å². The first kappa shape index (κ1) is 14.9. The Morgan fingerprint density at radius 2 is 2.21 bits per heavy atom. The minimum atomic E-state index is -1.27. The molecule has 2 rings (SSSR count). The van der Waals surface area contributed by atoms with Crippen LogP contribution in [0.3, 0.4) is 0 Å². The molecule has 0 spiro atoms. The summed E-state index contributed by atoms with van der Waals surface area (Å²) in [6, 6.07) is 7.99. The van der Waals surface area contributed by atoms with Crippen molar-refractivity contribution in [3.05, 3.63) is 50.0 Å². The Bertz CT molecular complexity index is 528. The van der Waals surface area contributed by atoms with Gasteiger partial charge in [0.1, 0.15) is 5.72 Å². The van der Waals surface area contributed by atoms with Crippen molar-refractivity contribution >= 4 is 33.9 Å². The summed E-state index contributed by atoms with van der Waals surface area (Å²) in [5.74, 6) is -0.136. The monoisotopic (exact) mass is 388 g/mol. The molecule has 0 saturated carbocycles. The molecule has 1 aromatic heterocycles. The number of rotatable bonds is 5. The highest BCUT2D eigenvalue weighted by Gasteiger charge is 2.34. The summed E-state index contributed by atoms with van der Waals surface area (Å²) in [6.45, 7) is 2.03. The van der Waals surface area contributed by atoms with Gasteiger partial charge in [-0.15, -0.1) is 11.3 Å². The number of thiazole rings is 1. The van der Waals surface area contributed by atoms with Gasteiger partial charge in [-0.05, 0) is 40.6 Å². The smallest absolute Gasteiger partial charge is 0.126 e. The van der Waals surface area contributed by atoms with Crippen molar-refractivity contribution in [2.45, 2.75) is 31.4 Å². The Morgan fingerprint density at radius 3 is 2.79 bits per heavy atom. The van der Waals surface area contributed by atoms with E-state index in [1.54, 1.807) is 17.5 Å². The van der Waals surface area contributed by atoms with E-state index in [0.717, 1.165) is 20.6 Å². The number of nitrogens with zero attached hydrogens (tertiary/aromatic N) is 1. The van der Waals surface area contributed by atoms with E-state index in [0.29, 0.717) is 6.42 Å². The SMILES string of the molecule is CCC(c1nccs1)C(N)(O)Cc1ccccc1I. The van der Waals surface area contributed by atoms with Gasteiger partial charge in [0.15, 0.2) is 0 Å². The van der Waals surface area contributed by atoms with Crippen LogP contribution >= 0.6 is 33.9 Å². The van der Waals surface area contributed by atoms with Crippen LogP contribution in [0.15, 0.2) is 35.8 Å². The van der Waals surface area contributed by atoms with Crippen LogP contribution < -0.4 is 5.73 Å². The minimum Gasteiger partial charge on any atom is -0.375 e. The normalized spacial score (nSPS) is 16.0. The van der Waals surface area contributed by atoms with Crippen LogP contribution in [-0.4, -0.2) is 15.8 Å². The molecule has 0 radical (unpaired) electrons. The lowest BCUT2D eigenvalue weighted by atomic mass is 9.88. The van der Waals surface area contributed by atoms with E-state index in [-0.39, 0.29) is 5.92 Å². The molecule has 0 bridgehead atoms. The zero-order valence-corrected chi connectivity index (χ0v) is 13.7. The summed E-state index contributed by atoms with van der Waals surface area (Å²) in [5, 5.41) is 13.5. The molecule has 2 aromatic rings. The quantitative estimate of drug-likeness (QED) is 0.611. The molecule has 0 amide bonds. The summed E-state index contributed by atoms with van der Waals surface area (Å²) in [7, 11) is 0. The lowest BCUT2D eigenvalue weighted by Gasteiger charge is -2.31. The van der Waals surface area contributed by atoms with Crippen molar-refractivity contribution in [2.75, 3.05) is 0 Å². The fraction of sp³-hybridized carbons (Fsp3) is 0.357. The Hall–Kier alpha value is -0.500. The van der Waals surface area contributed by atoms with E-state index < -0.39 is 5.72 Å². The number of nitrogens with two attached hydrogens (primary N) is 1. The highest BCUT2D eigenvalue weighted by molar-refractivity contribution is 14.1. The molecule has 2 atom stereocenters. The predicted molar refractivity (Wildman–Crippen MR) is 87.1 cm³/mol. The molecule has 0 aliphatic carbocycles. The first-order chi connectivity index (χ1) is 9.04. The van der Waals surface area contributed by atoms with Crippen LogP contribution in [0, 0.1) is 3.57 Å².